The van der Waals surface area contributed by atoms with Gasteiger partial charge in [-0.05, 0) is 81.2 Å². The molecule has 1 unspecified atom stereocenters. The van der Waals surface area contributed by atoms with Crippen LogP contribution >= 0.6 is 19.4 Å². The Morgan fingerprint density at radius 3 is 1.86 bits per heavy atom. The molecule has 0 aliphatic rings. The van der Waals surface area contributed by atoms with Gasteiger partial charge >= 0.3 is 7.82 Å². The molecule has 0 aliphatic heterocycles. The highest BCUT2D eigenvalue weighted by Crippen LogP contribution is 2.45. The second-order valence-electron chi connectivity index (χ2n) is 14.7. The first-order valence-electron chi connectivity index (χ1n) is 21.2. The van der Waals surface area contributed by atoms with E-state index in [1.807, 2.05) is 0 Å². The number of nitrogens with one attached hydrogen (secondary N) is 1. The lowest BCUT2D eigenvalue weighted by molar-refractivity contribution is -0.120. The lowest BCUT2D eigenvalue weighted by atomic mass is 10.1. The van der Waals surface area contributed by atoms with Crippen LogP contribution in [0, 0.1) is 6.92 Å². The standard InChI is InChI=1S/C40H51ClN3O5P.C6H15N/c1-32-30-43(37-22-13-10-19-34(32)37)26-18-27-44-31-33(35-20-11-14-23-38(35)44)29-40(45)42-25-16-8-6-4-2-3-5-7-9-17-28-48-50(46,47)49-39-24-15-12-21-36(39)41;1-4-7(5-2)6-3/h10-15,19-24,30-31H,2-9,16-18,25-29H2,1H3,(H,42,45)(H,46,47);4-6H2,1-3H3. The topological polar surface area (TPSA) is 98.0 Å². The van der Waals surface area contributed by atoms with Gasteiger partial charge < -0.3 is 23.9 Å². The predicted molar refractivity (Wildman–Crippen MR) is 237 cm³/mol. The van der Waals surface area contributed by atoms with Gasteiger partial charge in [-0.1, -0.05) is 132 Å². The fraction of sp³-hybridized carbons (Fsp3) is 0.500. The smallest absolute Gasteiger partial charge is 0.403 e. The van der Waals surface area contributed by atoms with E-state index in [1.54, 1.807) is 18.2 Å². The van der Waals surface area contributed by atoms with Crippen molar-refractivity contribution >= 4 is 47.1 Å². The number of fused-ring (bicyclic) bond motifs is 2. The Labute approximate surface area is 346 Å². The van der Waals surface area contributed by atoms with Crippen LogP contribution in [0.3, 0.4) is 0 Å². The van der Waals surface area contributed by atoms with Crippen LogP contribution in [-0.2, 0) is 33.4 Å². The van der Waals surface area contributed by atoms with Crippen LogP contribution in [0.2, 0.25) is 5.02 Å². The lowest BCUT2D eigenvalue weighted by Crippen LogP contribution is -2.26. The van der Waals surface area contributed by atoms with Gasteiger partial charge in [0.25, 0.3) is 0 Å². The number of aryl methyl sites for hydroxylation is 3. The number of amides is 1. The molecular weight excluding hydrogens is 755 g/mol. The largest absolute Gasteiger partial charge is 0.527 e. The molecule has 1 amide bonds. The number of para-hydroxylation sites is 3. The number of carbonyl (C=O) groups is 1. The van der Waals surface area contributed by atoms with Crippen LogP contribution in [0.15, 0.2) is 85.2 Å². The zero-order valence-electron chi connectivity index (χ0n) is 34.8. The summed E-state index contributed by atoms with van der Waals surface area (Å²) in [6.45, 7) is 15.0. The first-order chi connectivity index (χ1) is 27.7. The van der Waals surface area contributed by atoms with E-state index in [-0.39, 0.29) is 23.3 Å². The van der Waals surface area contributed by atoms with Crippen molar-refractivity contribution < 1.29 is 23.3 Å². The van der Waals surface area contributed by atoms with E-state index in [9.17, 15) is 14.3 Å². The molecule has 5 aromatic rings. The first kappa shape index (κ1) is 46.1. The van der Waals surface area contributed by atoms with Gasteiger partial charge in [-0.2, -0.15) is 0 Å². The molecule has 0 saturated carbocycles. The second-order valence-corrected chi connectivity index (χ2v) is 16.5. The van der Waals surface area contributed by atoms with Crippen molar-refractivity contribution in [1.29, 1.82) is 0 Å². The molecule has 2 heterocycles. The van der Waals surface area contributed by atoms with E-state index in [2.05, 4.69) is 108 Å². The number of unbranched alkanes of at least 4 members (excludes halogenated alkanes) is 9. The Bertz CT molecular complexity index is 1970. The van der Waals surface area contributed by atoms with E-state index in [0.29, 0.717) is 19.4 Å². The number of nitrogens with zero attached hydrogens (tertiary/aromatic N) is 3. The van der Waals surface area contributed by atoms with Crippen molar-refractivity contribution in [2.75, 3.05) is 32.8 Å². The highest BCUT2D eigenvalue weighted by Gasteiger charge is 2.23. The lowest BCUT2D eigenvalue weighted by Gasteiger charge is -2.13. The summed E-state index contributed by atoms with van der Waals surface area (Å²) in [5.74, 6) is 0.225. The van der Waals surface area contributed by atoms with Crippen molar-refractivity contribution in [3.63, 3.8) is 0 Å². The SMILES string of the molecule is CCN(CC)CC.Cc1cn(CCCn2cc(CC(=O)NCCCCCCCCCCCCOP(=O)(O)Oc3ccccc3Cl)c3ccccc32)c2ccccc12. The van der Waals surface area contributed by atoms with Gasteiger partial charge in [-0.15, -0.1) is 0 Å². The van der Waals surface area contributed by atoms with E-state index in [4.69, 9.17) is 20.6 Å². The Morgan fingerprint density at radius 2 is 1.25 bits per heavy atom. The average molecular weight is 821 g/mol. The van der Waals surface area contributed by atoms with E-state index >= 15 is 0 Å². The number of phosphoric acid groups is 1. The minimum absolute atomic E-state index is 0.0857. The van der Waals surface area contributed by atoms with Crippen molar-refractivity contribution in [3.8, 4) is 5.75 Å². The summed E-state index contributed by atoms with van der Waals surface area (Å²) in [4.78, 5) is 25.1. The van der Waals surface area contributed by atoms with Crippen LogP contribution in [0.5, 0.6) is 5.75 Å². The quantitative estimate of drug-likeness (QED) is 0.0449. The van der Waals surface area contributed by atoms with Crippen LogP contribution in [-0.4, -0.2) is 57.6 Å². The van der Waals surface area contributed by atoms with Crippen molar-refractivity contribution in [3.05, 3.63) is 101 Å². The van der Waals surface area contributed by atoms with Gasteiger partial charge in [0, 0.05) is 53.8 Å². The number of halogens is 1. The van der Waals surface area contributed by atoms with Crippen LogP contribution < -0.4 is 9.84 Å². The first-order valence-corrected chi connectivity index (χ1v) is 23.0. The van der Waals surface area contributed by atoms with E-state index in [1.165, 1.54) is 73.4 Å². The molecule has 3 aromatic carbocycles. The van der Waals surface area contributed by atoms with Gasteiger partial charge in [0.15, 0.2) is 0 Å². The number of hydrogen-bond acceptors (Lipinski definition) is 5. The molecule has 5 rings (SSSR count). The van der Waals surface area contributed by atoms with Gasteiger partial charge in [-0.3, -0.25) is 14.2 Å². The highest BCUT2D eigenvalue weighted by atomic mass is 35.5. The number of hydrogen-bond donors (Lipinski definition) is 2. The van der Waals surface area contributed by atoms with Gasteiger partial charge in [0.05, 0.1) is 18.1 Å². The minimum atomic E-state index is -4.18. The van der Waals surface area contributed by atoms with Crippen LogP contribution in [0.25, 0.3) is 21.8 Å². The third-order valence-corrected chi connectivity index (χ3v) is 11.8. The third kappa shape index (κ3) is 15.6. The number of phosphoric ester groups is 1. The van der Waals surface area contributed by atoms with Gasteiger partial charge in [0.2, 0.25) is 5.91 Å². The molecule has 0 fully saturated rings. The molecule has 0 aliphatic carbocycles. The molecule has 57 heavy (non-hydrogen) atoms. The Kier molecular flexibility index (Phi) is 20.2. The zero-order chi connectivity index (χ0) is 40.9. The highest BCUT2D eigenvalue weighted by molar-refractivity contribution is 7.47. The molecule has 11 heteroatoms. The fourth-order valence-corrected chi connectivity index (χ4v) is 8.35. The molecule has 0 saturated heterocycles. The fourth-order valence-electron chi connectivity index (χ4n) is 7.30. The summed E-state index contributed by atoms with van der Waals surface area (Å²) in [5, 5.41) is 5.88. The molecule has 9 nitrogen and oxygen atoms in total. The second kappa shape index (κ2) is 25.0. The number of rotatable bonds is 25. The van der Waals surface area contributed by atoms with Gasteiger partial charge in [0.1, 0.15) is 5.75 Å². The van der Waals surface area contributed by atoms with E-state index < -0.39 is 7.82 Å². The maximum absolute atomic E-state index is 12.9. The summed E-state index contributed by atoms with van der Waals surface area (Å²) < 4.78 is 26.9. The molecule has 2 N–H and O–H groups in total. The van der Waals surface area contributed by atoms with Crippen molar-refractivity contribution in [2.24, 2.45) is 0 Å². The molecule has 0 spiro atoms. The molecular formula is C46H66ClN4O5P. The normalized spacial score (nSPS) is 12.5. The molecule has 312 valence electrons. The zero-order valence-corrected chi connectivity index (χ0v) is 36.4. The monoisotopic (exact) mass is 820 g/mol. The predicted octanol–water partition coefficient (Wildman–Crippen LogP) is 11.8. The molecule has 0 radical (unpaired) electrons. The maximum atomic E-state index is 12.9. The Balaban J connectivity index is 0.000000940. The summed E-state index contributed by atoms with van der Waals surface area (Å²) in [6, 6.07) is 23.5. The van der Waals surface area contributed by atoms with Crippen molar-refractivity contribution in [1.82, 2.24) is 19.4 Å². The van der Waals surface area contributed by atoms with Crippen LogP contribution in [0.1, 0.15) is 103 Å². The Morgan fingerprint density at radius 1 is 0.719 bits per heavy atom. The van der Waals surface area contributed by atoms with Crippen molar-refractivity contribution in [2.45, 2.75) is 118 Å². The molecule has 0 bridgehead atoms. The number of benzene rings is 3. The summed E-state index contributed by atoms with van der Waals surface area (Å²) in [5.41, 5.74) is 4.87. The van der Waals surface area contributed by atoms with Gasteiger partial charge in [-0.25, -0.2) is 4.57 Å². The Hall–Kier alpha value is -3.59. The number of carbonyl (C=O) groups excluding carboxylic acids is 1. The molecule has 1 atom stereocenters. The molecule has 2 aromatic heterocycles. The third-order valence-electron chi connectivity index (χ3n) is 10.5. The minimum Gasteiger partial charge on any atom is -0.403 e. The summed E-state index contributed by atoms with van der Waals surface area (Å²) in [7, 11) is -4.18. The van der Waals surface area contributed by atoms with Crippen LogP contribution in [0.4, 0.5) is 0 Å². The number of aromatic nitrogens is 2. The average Bonchev–Trinajstić information content (AvgIpc) is 3.72. The summed E-state index contributed by atoms with van der Waals surface area (Å²) in [6.07, 6.45) is 16.6. The maximum Gasteiger partial charge on any atom is 0.527 e. The summed E-state index contributed by atoms with van der Waals surface area (Å²) >= 11 is 5.97. The van der Waals surface area contributed by atoms with E-state index in [0.717, 1.165) is 62.6 Å².